The molecule has 0 aromatic heterocycles. The summed E-state index contributed by atoms with van der Waals surface area (Å²) in [6.45, 7) is 2.81. The minimum absolute atomic E-state index is 0.0152. The van der Waals surface area contributed by atoms with Gasteiger partial charge in [-0.2, -0.15) is 0 Å². The first kappa shape index (κ1) is 19.8. The van der Waals surface area contributed by atoms with Crippen LogP contribution in [0.3, 0.4) is 0 Å². The molecule has 2 saturated heterocycles. The molecular weight excluding hydrogens is 330 g/mol. The fourth-order valence-corrected chi connectivity index (χ4v) is 4.10. The van der Waals surface area contributed by atoms with E-state index in [1.54, 1.807) is 0 Å². The second-order valence-electron chi connectivity index (χ2n) is 8.44. The average molecular weight is 365 g/mol. The number of aliphatic hydroxyl groups is 1. The van der Waals surface area contributed by atoms with Crippen molar-refractivity contribution in [3.8, 4) is 0 Å². The third kappa shape index (κ3) is 4.29. The standard InChI is InChI=1S/C21H34NO4/c1-5-6-14-24-21-18(22(2,3)4)19(23)20-17(26-21)13-12-16(25-20)15-10-8-7-9-11-15/h7-11,16-21,23H,5-6,12-14H2,1-4H3/q+1/t16?,17?,18?,19?,20-,21?/m1/s1. The number of fused-ring (bicyclic) bond motifs is 1. The smallest absolute Gasteiger partial charge is 0.213 e. The lowest BCUT2D eigenvalue weighted by atomic mass is 9.88. The summed E-state index contributed by atoms with van der Waals surface area (Å²) in [6, 6.07) is 10.1. The number of hydrogen-bond donors (Lipinski definition) is 1. The molecule has 1 aromatic rings. The Morgan fingerprint density at radius 3 is 2.50 bits per heavy atom. The van der Waals surface area contributed by atoms with Crippen molar-refractivity contribution >= 4 is 0 Å². The van der Waals surface area contributed by atoms with Crippen LogP contribution in [0.4, 0.5) is 0 Å². The first-order valence-corrected chi connectivity index (χ1v) is 9.88. The van der Waals surface area contributed by atoms with Gasteiger partial charge >= 0.3 is 0 Å². The fourth-order valence-electron chi connectivity index (χ4n) is 4.10. The number of rotatable bonds is 6. The summed E-state index contributed by atoms with van der Waals surface area (Å²) in [5.41, 5.74) is 1.17. The van der Waals surface area contributed by atoms with Crippen LogP contribution < -0.4 is 0 Å². The Kier molecular flexibility index (Phi) is 6.36. The molecule has 5 heteroatoms. The molecule has 1 N–H and O–H groups in total. The summed E-state index contributed by atoms with van der Waals surface area (Å²) in [4.78, 5) is 0. The monoisotopic (exact) mass is 364 g/mol. The van der Waals surface area contributed by atoms with E-state index in [4.69, 9.17) is 14.2 Å². The molecule has 2 aliphatic rings. The third-order valence-corrected chi connectivity index (χ3v) is 5.52. The normalized spacial score (nSPS) is 35.1. The summed E-state index contributed by atoms with van der Waals surface area (Å²) in [6.07, 6.45) is 2.43. The molecule has 3 rings (SSSR count). The van der Waals surface area contributed by atoms with Crippen LogP contribution in [0.15, 0.2) is 30.3 Å². The summed E-state index contributed by atoms with van der Waals surface area (Å²) in [7, 11) is 6.22. The fraction of sp³-hybridized carbons (Fsp3) is 0.714. The molecule has 0 bridgehead atoms. The number of unbranched alkanes of at least 4 members (excludes halogenated alkanes) is 1. The Hall–Kier alpha value is -0.980. The molecule has 6 atom stereocenters. The average Bonchev–Trinajstić information content (AvgIpc) is 2.61. The highest BCUT2D eigenvalue weighted by Gasteiger charge is 2.54. The molecule has 2 aliphatic heterocycles. The minimum atomic E-state index is -0.619. The van der Waals surface area contributed by atoms with Gasteiger partial charge in [-0.1, -0.05) is 43.7 Å². The Morgan fingerprint density at radius 1 is 1.12 bits per heavy atom. The van der Waals surface area contributed by atoms with Gasteiger partial charge in [0.15, 0.2) is 6.04 Å². The molecular formula is C21H34NO4+. The van der Waals surface area contributed by atoms with E-state index in [1.165, 1.54) is 5.56 Å². The van der Waals surface area contributed by atoms with E-state index < -0.39 is 12.4 Å². The second kappa shape index (κ2) is 8.36. The van der Waals surface area contributed by atoms with Crippen molar-refractivity contribution in [2.75, 3.05) is 27.7 Å². The van der Waals surface area contributed by atoms with Crippen molar-refractivity contribution in [3.63, 3.8) is 0 Å². The van der Waals surface area contributed by atoms with E-state index >= 15 is 0 Å². The van der Waals surface area contributed by atoms with Gasteiger partial charge in [0.1, 0.15) is 12.2 Å². The lowest BCUT2D eigenvalue weighted by Gasteiger charge is -2.51. The van der Waals surface area contributed by atoms with Crippen LogP contribution >= 0.6 is 0 Å². The molecule has 0 radical (unpaired) electrons. The third-order valence-electron chi connectivity index (χ3n) is 5.52. The van der Waals surface area contributed by atoms with Crippen LogP contribution in [0.25, 0.3) is 0 Å². The van der Waals surface area contributed by atoms with Gasteiger partial charge in [0.05, 0.1) is 33.4 Å². The van der Waals surface area contributed by atoms with Gasteiger partial charge in [0, 0.05) is 6.61 Å². The van der Waals surface area contributed by atoms with Crippen LogP contribution in [0.5, 0.6) is 0 Å². The molecule has 5 nitrogen and oxygen atoms in total. The molecule has 0 amide bonds. The maximum atomic E-state index is 11.2. The van der Waals surface area contributed by atoms with Gasteiger partial charge in [0.2, 0.25) is 6.29 Å². The van der Waals surface area contributed by atoms with Gasteiger partial charge in [-0.15, -0.1) is 0 Å². The van der Waals surface area contributed by atoms with E-state index in [2.05, 4.69) is 40.2 Å². The van der Waals surface area contributed by atoms with Crippen LogP contribution in [-0.2, 0) is 14.2 Å². The Bertz CT molecular complexity index is 559. The van der Waals surface area contributed by atoms with E-state index in [9.17, 15) is 5.11 Å². The van der Waals surface area contributed by atoms with Gasteiger partial charge in [0.25, 0.3) is 0 Å². The minimum Gasteiger partial charge on any atom is -0.384 e. The van der Waals surface area contributed by atoms with Crippen molar-refractivity contribution in [2.45, 2.75) is 69.4 Å². The summed E-state index contributed by atoms with van der Waals surface area (Å²) < 4.78 is 19.3. The predicted molar refractivity (Wildman–Crippen MR) is 101 cm³/mol. The Balaban J connectivity index is 1.75. The van der Waals surface area contributed by atoms with Gasteiger partial charge in [-0.25, -0.2) is 0 Å². The van der Waals surface area contributed by atoms with Crippen LogP contribution in [0, 0.1) is 0 Å². The highest BCUT2D eigenvalue weighted by Crippen LogP contribution is 2.39. The SMILES string of the molecule is CCCCOC1OC2CCC(c3ccccc3)O[C@H]2C(O)C1[N+](C)(C)C. The lowest BCUT2D eigenvalue weighted by Crippen LogP contribution is -2.69. The second-order valence-corrected chi connectivity index (χ2v) is 8.44. The van der Waals surface area contributed by atoms with E-state index in [1.807, 2.05) is 18.2 Å². The number of nitrogens with zero attached hydrogens (tertiary/aromatic N) is 1. The quantitative estimate of drug-likeness (QED) is 0.623. The zero-order valence-electron chi connectivity index (χ0n) is 16.5. The molecule has 2 heterocycles. The molecule has 0 saturated carbocycles. The van der Waals surface area contributed by atoms with Crippen molar-refractivity contribution < 1.29 is 23.8 Å². The highest BCUT2D eigenvalue weighted by molar-refractivity contribution is 5.18. The molecule has 5 unspecified atom stereocenters. The van der Waals surface area contributed by atoms with Gasteiger partial charge in [-0.05, 0) is 24.8 Å². The van der Waals surface area contributed by atoms with Crippen molar-refractivity contribution in [1.82, 2.24) is 0 Å². The van der Waals surface area contributed by atoms with Crippen molar-refractivity contribution in [3.05, 3.63) is 35.9 Å². The molecule has 0 spiro atoms. The zero-order valence-corrected chi connectivity index (χ0v) is 16.5. The van der Waals surface area contributed by atoms with Crippen molar-refractivity contribution in [1.29, 1.82) is 0 Å². The van der Waals surface area contributed by atoms with Crippen LogP contribution in [0.1, 0.15) is 44.3 Å². The zero-order chi connectivity index (χ0) is 18.7. The lowest BCUT2D eigenvalue weighted by molar-refractivity contribution is -0.910. The molecule has 26 heavy (non-hydrogen) atoms. The first-order chi connectivity index (χ1) is 12.4. The Morgan fingerprint density at radius 2 is 1.85 bits per heavy atom. The largest absolute Gasteiger partial charge is 0.384 e. The highest BCUT2D eigenvalue weighted by atomic mass is 16.7. The number of hydrogen-bond acceptors (Lipinski definition) is 4. The van der Waals surface area contributed by atoms with Crippen LogP contribution in [-0.4, -0.2) is 68.0 Å². The number of ether oxygens (including phenoxy) is 3. The van der Waals surface area contributed by atoms with Gasteiger partial charge < -0.3 is 23.8 Å². The number of quaternary nitrogens is 1. The number of likely N-dealkylation sites (N-methyl/N-ethyl adjacent to an activating group) is 1. The Labute approximate surface area is 157 Å². The van der Waals surface area contributed by atoms with Crippen LogP contribution in [0.2, 0.25) is 0 Å². The molecule has 1 aromatic carbocycles. The maximum absolute atomic E-state index is 11.2. The number of aliphatic hydroxyl groups excluding tert-OH is 1. The van der Waals surface area contributed by atoms with Gasteiger partial charge in [-0.3, -0.25) is 0 Å². The summed E-state index contributed by atoms with van der Waals surface area (Å²) in [5, 5.41) is 11.2. The maximum Gasteiger partial charge on any atom is 0.213 e. The summed E-state index contributed by atoms with van der Waals surface area (Å²) >= 11 is 0. The number of benzene rings is 1. The molecule has 0 aliphatic carbocycles. The van der Waals surface area contributed by atoms with E-state index in [0.717, 1.165) is 25.7 Å². The van der Waals surface area contributed by atoms with E-state index in [0.29, 0.717) is 11.1 Å². The summed E-state index contributed by atoms with van der Waals surface area (Å²) in [5.74, 6) is 0. The van der Waals surface area contributed by atoms with E-state index in [-0.39, 0.29) is 24.4 Å². The topological polar surface area (TPSA) is 47.9 Å². The predicted octanol–water partition coefficient (Wildman–Crippen LogP) is 2.88. The molecule has 146 valence electrons. The van der Waals surface area contributed by atoms with Crippen molar-refractivity contribution in [2.24, 2.45) is 0 Å². The first-order valence-electron chi connectivity index (χ1n) is 9.88. The molecule has 2 fully saturated rings.